The van der Waals surface area contributed by atoms with Gasteiger partial charge < -0.3 is 29.4 Å². The smallest absolute Gasteiger partial charge is 0.190 e. The molecule has 0 bridgehead atoms. The van der Waals surface area contributed by atoms with E-state index in [9.17, 15) is 5.11 Å². The number of rotatable bonds is 26. The third kappa shape index (κ3) is 11.2. The van der Waals surface area contributed by atoms with Crippen LogP contribution in [0.3, 0.4) is 0 Å². The second-order valence-corrected chi connectivity index (χ2v) is 16.7. The molecule has 62 heavy (non-hydrogen) atoms. The Morgan fingerprint density at radius 3 is 1.21 bits per heavy atom. The lowest BCUT2D eigenvalue weighted by Crippen LogP contribution is -2.36. The molecule has 2 aliphatic rings. The molecule has 7 heteroatoms. The Bertz CT molecular complexity index is 1940. The Morgan fingerprint density at radius 2 is 0.871 bits per heavy atom. The van der Waals surface area contributed by atoms with Crippen LogP contribution >= 0.6 is 0 Å². The third-order valence-electron chi connectivity index (χ3n) is 13.3. The van der Waals surface area contributed by atoms with Gasteiger partial charge in [-0.2, -0.15) is 0 Å². The minimum Gasteiger partial charge on any atom is -0.379 e. The van der Waals surface area contributed by atoms with E-state index < -0.39 is 17.8 Å². The average molecular weight is 839 g/mol. The molecule has 0 heterocycles. The average Bonchev–Trinajstić information content (AvgIpc) is 3.35. The molecule has 0 fully saturated rings. The van der Waals surface area contributed by atoms with Gasteiger partial charge >= 0.3 is 0 Å². The summed E-state index contributed by atoms with van der Waals surface area (Å²) < 4.78 is 23.1. The minimum atomic E-state index is -0.736. The van der Waals surface area contributed by atoms with Crippen LogP contribution in [0.5, 0.6) is 0 Å². The summed E-state index contributed by atoms with van der Waals surface area (Å²) in [7, 11) is 6.81. The van der Waals surface area contributed by atoms with Crippen molar-refractivity contribution in [3.05, 3.63) is 191 Å². The first-order chi connectivity index (χ1) is 30.4. The minimum absolute atomic E-state index is 0.282. The number of ether oxygens (including phenoxy) is 4. The van der Waals surface area contributed by atoms with Crippen molar-refractivity contribution in [2.45, 2.75) is 99.3 Å². The van der Waals surface area contributed by atoms with Gasteiger partial charge in [0.05, 0.1) is 0 Å². The van der Waals surface area contributed by atoms with Gasteiger partial charge in [-0.1, -0.05) is 171 Å². The first-order valence-corrected chi connectivity index (χ1v) is 22.7. The van der Waals surface area contributed by atoms with Crippen LogP contribution in [-0.4, -0.2) is 71.0 Å². The molecule has 1 atom stereocenters. The first kappa shape index (κ1) is 47.0. The molecule has 0 amide bonds. The fraction of sp³-hybridized carbons (Fsp3) is 0.418. The fourth-order valence-electron chi connectivity index (χ4n) is 9.62. The first-order valence-electron chi connectivity index (χ1n) is 22.7. The number of methoxy groups -OCH3 is 4. The van der Waals surface area contributed by atoms with Gasteiger partial charge in [-0.25, -0.2) is 0 Å². The van der Waals surface area contributed by atoms with E-state index in [-0.39, 0.29) is 10.8 Å². The second kappa shape index (κ2) is 23.3. The van der Waals surface area contributed by atoms with E-state index in [0.717, 1.165) is 71.0 Å². The molecule has 0 saturated heterocycles. The highest BCUT2D eigenvalue weighted by atomic mass is 16.7. The number of allylic oxidation sites excluding steroid dienone is 4. The van der Waals surface area contributed by atoms with Gasteiger partial charge in [-0.05, 0) is 97.3 Å². The molecule has 1 unspecified atom stereocenters. The number of benzene rings is 4. The van der Waals surface area contributed by atoms with Gasteiger partial charge in [0.2, 0.25) is 0 Å². The van der Waals surface area contributed by atoms with Gasteiger partial charge in [0.1, 0.15) is 6.23 Å². The molecule has 7 nitrogen and oxygen atoms in total. The molecule has 330 valence electrons. The molecular weight excluding hydrogens is 769 g/mol. The molecule has 6 rings (SSSR count). The number of hydrogen-bond acceptors (Lipinski definition) is 7. The van der Waals surface area contributed by atoms with E-state index in [2.05, 4.69) is 168 Å². The highest BCUT2D eigenvalue weighted by molar-refractivity contribution is 5.55. The Hall–Kier alpha value is -4.44. The summed E-state index contributed by atoms with van der Waals surface area (Å²) in [6.07, 6.45) is 22.9. The van der Waals surface area contributed by atoms with Gasteiger partial charge in [-0.3, -0.25) is 5.32 Å². The summed E-state index contributed by atoms with van der Waals surface area (Å²) in [5, 5.41) is 17.8. The van der Waals surface area contributed by atoms with Gasteiger partial charge in [-0.15, -0.1) is 0 Å². The van der Waals surface area contributed by atoms with Crippen molar-refractivity contribution in [1.82, 2.24) is 10.6 Å². The van der Waals surface area contributed by atoms with Crippen LogP contribution in [0.4, 0.5) is 0 Å². The van der Waals surface area contributed by atoms with Crippen molar-refractivity contribution in [2.75, 3.05) is 48.1 Å². The number of hydrogen-bond donors (Lipinski definition) is 3. The van der Waals surface area contributed by atoms with Crippen molar-refractivity contribution < 1.29 is 24.1 Å². The SMILES string of the molecule is COC1(OC)C=CC(C(CCCCCNCCC(O)NCCCCCC(C2=CCC(OC)(OC)C=C2)(c2ccccc2)c2ccccc2)(c2ccccc2)c2ccccc2)=CC1. The van der Waals surface area contributed by atoms with Gasteiger partial charge in [0.25, 0.3) is 0 Å². The summed E-state index contributed by atoms with van der Waals surface area (Å²) in [4.78, 5) is 0. The van der Waals surface area contributed by atoms with E-state index in [4.69, 9.17) is 18.9 Å². The Kier molecular flexibility index (Phi) is 17.7. The normalized spacial score (nSPS) is 16.5. The van der Waals surface area contributed by atoms with E-state index in [1.54, 1.807) is 28.4 Å². The largest absolute Gasteiger partial charge is 0.379 e. The second-order valence-electron chi connectivity index (χ2n) is 16.7. The Labute approximate surface area is 371 Å². The third-order valence-corrected chi connectivity index (χ3v) is 13.3. The van der Waals surface area contributed by atoms with Crippen LogP contribution in [0.25, 0.3) is 0 Å². The van der Waals surface area contributed by atoms with E-state index in [0.29, 0.717) is 19.3 Å². The molecule has 0 aliphatic heterocycles. The molecule has 0 spiro atoms. The van der Waals surface area contributed by atoms with Crippen LogP contribution in [0.2, 0.25) is 0 Å². The molecule has 0 aromatic heterocycles. The van der Waals surface area contributed by atoms with E-state index in [1.165, 1.54) is 33.4 Å². The monoisotopic (exact) mass is 839 g/mol. The van der Waals surface area contributed by atoms with Crippen LogP contribution in [0, 0.1) is 0 Å². The van der Waals surface area contributed by atoms with Crippen LogP contribution in [-0.2, 0) is 29.8 Å². The maximum Gasteiger partial charge on any atom is 0.190 e. The van der Waals surface area contributed by atoms with E-state index >= 15 is 0 Å². The summed E-state index contributed by atoms with van der Waals surface area (Å²) in [6.45, 7) is 2.49. The Balaban J connectivity index is 0.955. The maximum absolute atomic E-state index is 10.8. The van der Waals surface area contributed by atoms with Crippen LogP contribution in [0.15, 0.2) is 169 Å². The van der Waals surface area contributed by atoms with Crippen LogP contribution < -0.4 is 10.6 Å². The lowest BCUT2D eigenvalue weighted by molar-refractivity contribution is -0.168. The summed E-state index contributed by atoms with van der Waals surface area (Å²) in [5.74, 6) is -1.47. The van der Waals surface area contributed by atoms with Crippen LogP contribution in [0.1, 0.15) is 92.9 Å². The Morgan fingerprint density at radius 1 is 0.500 bits per heavy atom. The predicted molar refractivity (Wildman–Crippen MR) is 253 cm³/mol. The summed E-state index contributed by atoms with van der Waals surface area (Å²) >= 11 is 0. The van der Waals surface area contributed by atoms with E-state index in [1.807, 2.05) is 0 Å². The highest BCUT2D eigenvalue weighted by Gasteiger charge is 2.41. The quantitative estimate of drug-likeness (QED) is 0.0429. The predicted octanol–water partition coefficient (Wildman–Crippen LogP) is 10.7. The highest BCUT2D eigenvalue weighted by Crippen LogP contribution is 2.48. The summed E-state index contributed by atoms with van der Waals surface area (Å²) in [6, 6.07) is 43.6. The number of aliphatic hydroxyl groups excluding tert-OH is 1. The lowest BCUT2D eigenvalue weighted by Gasteiger charge is -2.40. The number of nitrogens with one attached hydrogen (secondary N) is 2. The zero-order chi connectivity index (χ0) is 43.6. The maximum atomic E-state index is 10.8. The van der Waals surface area contributed by atoms with Crippen molar-refractivity contribution in [2.24, 2.45) is 0 Å². The molecule has 4 aromatic rings. The lowest BCUT2D eigenvalue weighted by atomic mass is 9.65. The number of unbranched alkanes of at least 4 members (excludes halogenated alkanes) is 4. The van der Waals surface area contributed by atoms with Crippen molar-refractivity contribution in [1.29, 1.82) is 0 Å². The van der Waals surface area contributed by atoms with Gasteiger partial charge in [0.15, 0.2) is 11.6 Å². The molecule has 0 saturated carbocycles. The zero-order valence-corrected chi connectivity index (χ0v) is 37.6. The van der Waals surface area contributed by atoms with Crippen molar-refractivity contribution in [3.63, 3.8) is 0 Å². The van der Waals surface area contributed by atoms with Gasteiger partial charge in [0, 0.05) is 52.1 Å². The molecule has 0 radical (unpaired) electrons. The molecular formula is C55H70N2O5. The number of aliphatic hydroxyl groups is 1. The van der Waals surface area contributed by atoms with Crippen molar-refractivity contribution >= 4 is 0 Å². The molecule has 3 N–H and O–H groups in total. The molecule has 2 aliphatic carbocycles. The van der Waals surface area contributed by atoms with Crippen molar-refractivity contribution in [3.8, 4) is 0 Å². The standard InChI is InChI=1S/C55H70N2O5/c1-59-52(60-2)38-31-49(32-39-52)54(45-23-11-5-12-24-45,46-25-13-6-14-26-46)36-19-9-21-42-56-44-35-51(58)57-43-22-10-20-37-55(47-27-15-7-16-28-47,48-29-17-8-18-30-48)50-33-40-53(61-3,62-4)41-34-50/h5-8,11-18,23-34,38,40,51,56-58H,9-10,19-22,35-37,39,41-44H2,1-4H3. The zero-order valence-electron chi connectivity index (χ0n) is 37.6. The topological polar surface area (TPSA) is 81.2 Å². The fourth-order valence-corrected chi connectivity index (χ4v) is 9.62. The molecule has 4 aromatic carbocycles. The summed E-state index contributed by atoms with van der Waals surface area (Å²) in [5.41, 5.74) is 7.14.